The first-order valence-corrected chi connectivity index (χ1v) is 13.7. The summed E-state index contributed by atoms with van der Waals surface area (Å²) in [6.07, 6.45) is 3.05. The van der Waals surface area contributed by atoms with Crippen molar-refractivity contribution in [3.8, 4) is 0 Å². The fraction of sp³-hybridized carbons (Fsp3) is 0.667. The zero-order valence-corrected chi connectivity index (χ0v) is 29.0. The van der Waals surface area contributed by atoms with E-state index in [1.54, 1.807) is 44.2 Å². The van der Waals surface area contributed by atoms with Gasteiger partial charge in [-0.2, -0.15) is 0 Å². The minimum Gasteiger partial charge on any atom is -1.00 e. The molecular weight excluding hydrogens is 606 g/mol. The van der Waals surface area contributed by atoms with Gasteiger partial charge in [-0.1, -0.05) is 39.0 Å². The Morgan fingerprint density at radius 2 is 1.47 bits per heavy atom. The van der Waals surface area contributed by atoms with Crippen LogP contribution in [0.25, 0.3) is 0 Å². The number of hydrogen-bond donors (Lipinski definition) is 1. The van der Waals surface area contributed by atoms with Gasteiger partial charge in [0.1, 0.15) is 12.6 Å². The fourth-order valence-corrected chi connectivity index (χ4v) is 2.32. The Kier molecular flexibility index (Phi) is 43.0. The number of ether oxygens (including phenoxy) is 2. The average Bonchev–Trinajstić information content (AvgIpc) is 3.00. The SMILES string of the molecule is CCC=O.CN1CCOCC1.C[C@@H](C=O)CC[N+](=O)[O-].C[C@@H](CO)CC[N+](=O)[O-].O=C(OCC[N+](=O)[O-])c1ccccc1.[B].[H-].[Na+]. The molecule has 0 unspecified atom stereocenters. The monoisotopic (exact) mass is 653 g/mol. The van der Waals surface area contributed by atoms with Crippen molar-refractivity contribution in [1.29, 1.82) is 0 Å². The molecule has 0 aromatic heterocycles. The van der Waals surface area contributed by atoms with Crippen LogP contribution in [0.5, 0.6) is 0 Å². The predicted molar refractivity (Wildman–Crippen MR) is 165 cm³/mol. The van der Waals surface area contributed by atoms with E-state index < -0.39 is 15.8 Å². The van der Waals surface area contributed by atoms with Crippen LogP contribution in [0, 0.1) is 42.2 Å². The number of aldehydes is 2. The van der Waals surface area contributed by atoms with Crippen molar-refractivity contribution in [3.05, 3.63) is 66.2 Å². The van der Waals surface area contributed by atoms with E-state index in [2.05, 4.69) is 16.7 Å². The minimum atomic E-state index is -0.535. The van der Waals surface area contributed by atoms with Crippen LogP contribution in [0.15, 0.2) is 30.3 Å². The van der Waals surface area contributed by atoms with Crippen molar-refractivity contribution in [3.63, 3.8) is 0 Å². The summed E-state index contributed by atoms with van der Waals surface area (Å²) in [7, 11) is 2.11. The molecule has 1 aliphatic heterocycles. The van der Waals surface area contributed by atoms with Crippen molar-refractivity contribution in [2.24, 2.45) is 11.8 Å². The topological polar surface area (TPSA) is 223 Å². The Balaban J connectivity index is -0.000000112. The van der Waals surface area contributed by atoms with Crippen molar-refractivity contribution in [2.45, 2.75) is 40.0 Å². The van der Waals surface area contributed by atoms with E-state index in [0.29, 0.717) is 24.8 Å². The number of likely N-dealkylation sites (N-methyl/N-ethyl adjacent to an activating group) is 1. The Morgan fingerprint density at radius 1 is 1.00 bits per heavy atom. The van der Waals surface area contributed by atoms with Gasteiger partial charge in [-0.3, -0.25) is 30.3 Å². The molecule has 0 saturated carbocycles. The molecule has 251 valence electrons. The smallest absolute Gasteiger partial charge is 1.00 e. The maximum atomic E-state index is 11.2. The Morgan fingerprint density at radius 3 is 1.82 bits per heavy atom. The molecule has 0 aliphatic carbocycles. The molecule has 1 heterocycles. The third-order valence-corrected chi connectivity index (χ3v) is 5.03. The van der Waals surface area contributed by atoms with E-state index in [4.69, 9.17) is 9.84 Å². The van der Waals surface area contributed by atoms with Gasteiger partial charge in [-0.25, -0.2) is 4.79 Å². The van der Waals surface area contributed by atoms with E-state index in [0.717, 1.165) is 38.9 Å². The molecule has 2 rings (SSSR count). The second-order valence-electron chi connectivity index (χ2n) is 9.14. The summed E-state index contributed by atoms with van der Waals surface area (Å²) in [5, 5.41) is 37.8. The van der Waals surface area contributed by atoms with Gasteiger partial charge in [0.15, 0.2) is 6.61 Å². The van der Waals surface area contributed by atoms with E-state index in [9.17, 15) is 44.7 Å². The number of morpholine rings is 1. The minimum absolute atomic E-state index is 0. The summed E-state index contributed by atoms with van der Waals surface area (Å²) in [4.78, 5) is 60.6. The molecule has 18 heteroatoms. The fourth-order valence-electron chi connectivity index (χ4n) is 2.32. The van der Waals surface area contributed by atoms with E-state index >= 15 is 0 Å². The first-order chi connectivity index (χ1) is 20.3. The number of hydrogen-bond acceptors (Lipinski definition) is 13. The van der Waals surface area contributed by atoms with Crippen LogP contribution in [-0.4, -0.2) is 118 Å². The summed E-state index contributed by atoms with van der Waals surface area (Å²) in [6, 6.07) is 8.35. The molecule has 0 amide bonds. The van der Waals surface area contributed by atoms with Crippen molar-refractivity contribution in [1.82, 2.24) is 4.90 Å². The first-order valence-electron chi connectivity index (χ1n) is 13.7. The molecule has 45 heavy (non-hydrogen) atoms. The van der Waals surface area contributed by atoms with Crippen molar-refractivity contribution in [2.75, 3.05) is 66.2 Å². The van der Waals surface area contributed by atoms with E-state index in [-0.39, 0.29) is 89.0 Å². The van der Waals surface area contributed by atoms with Gasteiger partial charge in [0, 0.05) is 68.1 Å². The van der Waals surface area contributed by atoms with Crippen LogP contribution >= 0.6 is 0 Å². The molecule has 0 bridgehead atoms. The normalized spacial score (nSPS) is 12.6. The second-order valence-corrected chi connectivity index (χ2v) is 9.14. The number of nitrogens with zero attached hydrogens (tertiary/aromatic N) is 4. The van der Waals surface area contributed by atoms with Gasteiger partial charge < -0.3 is 30.5 Å². The maximum absolute atomic E-state index is 11.2. The number of esters is 1. The van der Waals surface area contributed by atoms with E-state index in [1.807, 2.05) is 6.92 Å². The van der Waals surface area contributed by atoms with Gasteiger partial charge >= 0.3 is 35.5 Å². The molecule has 1 aromatic rings. The van der Waals surface area contributed by atoms with Gasteiger partial charge in [-0.15, -0.1) is 0 Å². The number of aliphatic hydroxyl groups excluding tert-OH is 1. The molecule has 3 radical (unpaired) electrons. The quantitative estimate of drug-likeness (QED) is 0.0904. The zero-order chi connectivity index (χ0) is 33.5. The van der Waals surface area contributed by atoms with Crippen LogP contribution in [0.2, 0.25) is 0 Å². The molecule has 1 fully saturated rings. The van der Waals surface area contributed by atoms with Crippen molar-refractivity contribution >= 4 is 27.0 Å². The number of carbonyl (C=O) groups excluding carboxylic acids is 3. The Labute approximate surface area is 290 Å². The van der Waals surface area contributed by atoms with Crippen LogP contribution < -0.4 is 29.6 Å². The van der Waals surface area contributed by atoms with Gasteiger partial charge in [-0.05, 0) is 25.1 Å². The van der Waals surface area contributed by atoms with E-state index in [1.165, 1.54) is 0 Å². The molecule has 1 N–H and O–H groups in total. The molecule has 1 aliphatic rings. The summed E-state index contributed by atoms with van der Waals surface area (Å²) >= 11 is 0. The van der Waals surface area contributed by atoms with Gasteiger partial charge in [0.2, 0.25) is 19.6 Å². The standard InChI is InChI=1S/C9H9NO4.C5H11NO3.C5H9NO3.C5H11NO.C3H6O.B.Na.H/c11-9(14-7-6-10(12)13)8-4-2-1-3-5-8;2*1-5(4-7)2-3-6(8)9;1-6-2-4-7-5-3-6;1-2-3-4;;;/h1-5H,6-7H2;5,7H,2-4H2,1H3;4-5H,2-3H2,1H3;2-5H2,1H3;3H,2H2,1H3;;;/q;;;;;;+1;-1/t;2*5-;;;;;/m.11...../s1. The number of carbonyl (C=O) groups is 3. The molecular formula is C27H47BN4NaO12. The maximum Gasteiger partial charge on any atom is 1.00 e. The first kappa shape index (κ1) is 51.7. The summed E-state index contributed by atoms with van der Waals surface area (Å²) < 4.78 is 9.76. The van der Waals surface area contributed by atoms with Gasteiger partial charge in [0.05, 0.1) is 18.8 Å². The average molecular weight is 653 g/mol. The predicted octanol–water partition coefficient (Wildman–Crippen LogP) is -0.831. The van der Waals surface area contributed by atoms with Gasteiger partial charge in [0.25, 0.3) is 0 Å². The number of aliphatic hydroxyl groups is 1. The summed E-state index contributed by atoms with van der Waals surface area (Å²) in [6.45, 7) is 8.61. The molecule has 16 nitrogen and oxygen atoms in total. The Hall–Kier alpha value is -2.83. The summed E-state index contributed by atoms with van der Waals surface area (Å²) in [5.74, 6) is -0.668. The molecule has 0 spiro atoms. The Bertz CT molecular complexity index is 905. The molecule has 1 saturated heterocycles. The van der Waals surface area contributed by atoms with Crippen LogP contribution in [0.4, 0.5) is 0 Å². The van der Waals surface area contributed by atoms with Crippen LogP contribution in [0.1, 0.15) is 51.8 Å². The van der Waals surface area contributed by atoms with Crippen LogP contribution in [0.3, 0.4) is 0 Å². The second kappa shape index (κ2) is 37.4. The number of benzene rings is 1. The van der Waals surface area contributed by atoms with Crippen molar-refractivity contribution < 1.29 is 74.7 Å². The molecule has 2 atom stereocenters. The largest absolute Gasteiger partial charge is 1.00 e. The summed E-state index contributed by atoms with van der Waals surface area (Å²) in [5.41, 5.74) is 0.399. The third-order valence-electron chi connectivity index (χ3n) is 5.03. The zero-order valence-electron chi connectivity index (χ0n) is 28.0. The van der Waals surface area contributed by atoms with Crippen LogP contribution in [-0.2, 0) is 19.1 Å². The third kappa shape index (κ3) is 43.4. The number of rotatable bonds is 13. The molecule has 1 aromatic carbocycles. The number of nitro groups is 3.